The first-order chi connectivity index (χ1) is 22.7. The second kappa shape index (κ2) is 62.8. The Kier molecular flexibility index (Phi) is 107. The maximum atomic E-state index is 12.5. The van der Waals surface area contributed by atoms with E-state index < -0.39 is 0 Å². The fourth-order valence-corrected chi connectivity index (χ4v) is 4.55. The van der Waals surface area contributed by atoms with Gasteiger partial charge in [0.05, 0.1) is 17.9 Å². The molecule has 0 bridgehead atoms. The van der Waals surface area contributed by atoms with E-state index >= 15 is 0 Å². The Morgan fingerprint density at radius 3 is 1.26 bits per heavy atom. The Balaban J connectivity index is -0.0000000386. The zero-order chi connectivity index (χ0) is 33.9. The van der Waals surface area contributed by atoms with Gasteiger partial charge in [-0.25, -0.2) is 0 Å². The summed E-state index contributed by atoms with van der Waals surface area (Å²) in [6.45, 7) is 16.0. The minimum Gasteiger partial charge on any atom is -0.493 e. The second-order valence-electron chi connectivity index (χ2n) is 8.88. The van der Waals surface area contributed by atoms with Gasteiger partial charge >= 0.3 is 0 Å². The van der Waals surface area contributed by atoms with E-state index in [0.29, 0.717) is 21.9 Å². The van der Waals surface area contributed by atoms with Crippen molar-refractivity contribution in [2.75, 3.05) is 7.11 Å². The molecule has 0 unspecified atom stereocenters. The Morgan fingerprint density at radius 2 is 0.790 bits per heavy atom. The number of benzene rings is 6. The van der Waals surface area contributed by atoms with Crippen LogP contribution in [0.4, 0.5) is 0 Å². The third-order valence-electron chi connectivity index (χ3n) is 6.46. The molecule has 4 radical (unpaired) electrons. The minimum absolute atomic E-state index is 0. The Labute approximate surface area is 532 Å². The maximum Gasteiger partial charge on any atom is 0.200 e. The first kappa shape index (κ1) is 106. The fraction of sp³-hybridized carbons (Fsp3) is 0.180. The molecule has 0 aliphatic heterocycles. The number of fused-ring (bicyclic) bond motifs is 4. The molecule has 1 heterocycles. The monoisotopic (exact) mass is 1860 g/mol. The number of para-hydroxylation sites is 3. The van der Waals surface area contributed by atoms with Crippen LogP contribution in [-0.2, 0) is 145 Å². The molecule has 7 rings (SSSR count). The molecule has 12 heteroatoms. The van der Waals surface area contributed by atoms with Gasteiger partial charge in [-0.2, -0.15) is 0 Å². The van der Waals surface area contributed by atoms with E-state index in [1.165, 1.54) is 5.39 Å². The molecule has 0 aliphatic carbocycles. The molecule has 0 saturated heterocycles. The molecule has 0 fully saturated rings. The minimum atomic E-state index is 0. The van der Waals surface area contributed by atoms with Crippen LogP contribution < -0.4 is 14.9 Å². The van der Waals surface area contributed by atoms with E-state index in [1.807, 2.05) is 159 Å². The van der Waals surface area contributed by atoms with E-state index in [9.17, 15) is 4.79 Å². The number of hydrogen-bond donors (Lipinski definition) is 0. The van der Waals surface area contributed by atoms with Gasteiger partial charge < -0.3 is 73.3 Å². The number of hydrogen-bond acceptors (Lipinski definition) is 4. The molecule has 0 amide bonds. The molecule has 0 N–H and O–H groups in total. The quantitative estimate of drug-likeness (QED) is 0.131. The summed E-state index contributed by atoms with van der Waals surface area (Å²) in [7, 11) is 1.64. The standard InChI is InChI=1S/C17H10O2.C17H14O2.4C2H6.8CH3.2U.2V.2W.2Y/c18-17-13-7-3-4-8-15(13)19-16-10-12-6-2-1-5-11(12)9-14(16)17;1-18-16-8-4-5-9-17(16)19-15-11-10-13-6-2-3-7-14(13)12-15;4*1-2;;;;;;;;;;;;;;;;/h1-10H;2-12H,1H3;4*1-2H3;8*1H3;;;;;;;;/q;;;;;;8*-1;;;;;;;;. The summed E-state index contributed by atoms with van der Waals surface area (Å²) in [6.07, 6.45) is 0. The third-order valence-corrected chi connectivity index (χ3v) is 6.46. The van der Waals surface area contributed by atoms with Crippen molar-refractivity contribution in [3.63, 3.8) is 0 Å². The van der Waals surface area contributed by atoms with Crippen LogP contribution in [0.3, 0.4) is 0 Å². The van der Waals surface area contributed by atoms with Crippen molar-refractivity contribution in [3.8, 4) is 17.2 Å². The molecule has 0 atom stereocenters. The second-order valence-corrected chi connectivity index (χ2v) is 8.88. The summed E-state index contributed by atoms with van der Waals surface area (Å²) >= 11 is 0. The van der Waals surface area contributed by atoms with Crippen LogP contribution in [0.2, 0.25) is 0 Å². The van der Waals surface area contributed by atoms with Crippen LogP contribution >= 0.6 is 0 Å². The van der Waals surface area contributed by atoms with Crippen LogP contribution in [0.5, 0.6) is 17.2 Å². The van der Waals surface area contributed by atoms with Gasteiger partial charge in [0.25, 0.3) is 0 Å². The molecule has 1 aromatic heterocycles. The van der Waals surface area contributed by atoms with Crippen LogP contribution in [0.15, 0.2) is 137 Å². The summed E-state index contributed by atoms with van der Waals surface area (Å²) in [4.78, 5) is 12.5. The van der Waals surface area contributed by atoms with Gasteiger partial charge in [-0.3, -0.25) is 4.79 Å². The van der Waals surface area contributed by atoms with Gasteiger partial charge in [0.2, 0.25) is 5.43 Å². The van der Waals surface area contributed by atoms with Crippen molar-refractivity contribution in [2.24, 2.45) is 0 Å². The van der Waals surface area contributed by atoms with Gasteiger partial charge in [0.15, 0.2) is 11.5 Å². The zero-order valence-corrected chi connectivity index (χ0v) is 63.3. The van der Waals surface area contributed by atoms with Crippen molar-refractivity contribution in [3.05, 3.63) is 197 Å². The van der Waals surface area contributed by atoms with Crippen molar-refractivity contribution >= 4 is 43.5 Å². The fourth-order valence-electron chi connectivity index (χ4n) is 4.55. The normalized spacial score (nSPS) is 7.05. The summed E-state index contributed by atoms with van der Waals surface area (Å²) < 4.78 is 17.0. The molecule has 62 heavy (non-hydrogen) atoms. The van der Waals surface area contributed by atoms with Gasteiger partial charge in [-0.1, -0.05) is 134 Å². The molecule has 0 spiro atoms. The topological polar surface area (TPSA) is 48.7 Å². The summed E-state index contributed by atoms with van der Waals surface area (Å²) in [6, 6.07) is 41.1. The van der Waals surface area contributed by atoms with Crippen molar-refractivity contribution < 1.29 is 221 Å². The first-order valence-electron chi connectivity index (χ1n) is 16.3. The smallest absolute Gasteiger partial charge is 0.200 e. The van der Waals surface area contributed by atoms with E-state index in [-0.39, 0.29) is 272 Å². The predicted molar refractivity (Wildman–Crippen MR) is 251 cm³/mol. The molecule has 6 aromatic carbocycles. The van der Waals surface area contributed by atoms with Gasteiger partial charge in [-0.15, -0.1) is 0 Å². The van der Waals surface area contributed by atoms with E-state index in [0.717, 1.165) is 33.4 Å². The van der Waals surface area contributed by atoms with Crippen LogP contribution in [0.1, 0.15) is 55.4 Å². The number of ether oxygens (including phenoxy) is 2. The largest absolute Gasteiger partial charge is 0.493 e. The van der Waals surface area contributed by atoms with Crippen LogP contribution in [0, 0.1) is 122 Å². The van der Waals surface area contributed by atoms with Gasteiger partial charge in [0, 0.05) is 207 Å². The third kappa shape index (κ3) is 31.7. The van der Waals surface area contributed by atoms with Crippen molar-refractivity contribution in [2.45, 2.75) is 55.4 Å². The summed E-state index contributed by atoms with van der Waals surface area (Å²) in [5.41, 5.74) is 1.31. The van der Waals surface area contributed by atoms with Crippen LogP contribution in [0.25, 0.3) is 43.5 Å². The van der Waals surface area contributed by atoms with E-state index in [1.54, 1.807) is 13.2 Å². The molecule has 340 valence electrons. The summed E-state index contributed by atoms with van der Waals surface area (Å²) in [5, 5.41) is 5.76. The molecule has 4 nitrogen and oxygen atoms in total. The SMILES string of the molecule is CC.CC.CC.CC.COc1ccccc1Oc1ccc2ccccc2c1.O=c1c2ccccc2oc2cc3ccccc3cc12.[CH3-].[CH3-].[CH3-].[CH3-].[CH3-].[CH3-].[CH3-].[CH3-].[U].[U].[V].[V].[W].[W].[Y].[Y]. The molecule has 7 aromatic rings. The van der Waals surface area contributed by atoms with Gasteiger partial charge in [-0.05, 0) is 70.1 Å². The maximum absolute atomic E-state index is 12.5. The van der Waals surface area contributed by atoms with E-state index in [4.69, 9.17) is 13.9 Å². The van der Waals surface area contributed by atoms with Crippen molar-refractivity contribution in [1.82, 2.24) is 0 Å². The average molecular weight is 1860 g/mol. The first-order valence-corrected chi connectivity index (χ1v) is 16.3. The number of methoxy groups -OCH3 is 1. The molecule has 0 saturated carbocycles. The van der Waals surface area contributed by atoms with Crippen LogP contribution in [-0.4, -0.2) is 7.11 Å². The van der Waals surface area contributed by atoms with E-state index in [2.05, 4.69) is 18.2 Å². The Hall–Kier alpha value is 1.77. The summed E-state index contributed by atoms with van der Waals surface area (Å²) in [5.74, 6) is 2.26. The molecular formula is C50H72O4U2V2W2Y2-8. The Morgan fingerprint density at radius 1 is 0.419 bits per heavy atom. The zero-order valence-electron chi connectivity index (χ0n) is 40.6. The average Bonchev–Trinajstić information content (AvgIpc) is 3.15. The Bertz CT molecular complexity index is 2020. The molecular weight excluding hydrogens is 1790 g/mol. The van der Waals surface area contributed by atoms with Crippen molar-refractivity contribution in [1.29, 1.82) is 0 Å². The number of rotatable bonds is 3. The van der Waals surface area contributed by atoms with Gasteiger partial charge in [0.1, 0.15) is 16.9 Å². The molecule has 0 aliphatic rings. The predicted octanol–water partition coefficient (Wildman–Crippen LogP) is 16.4.